The van der Waals surface area contributed by atoms with E-state index in [9.17, 15) is 17.8 Å². The predicted octanol–water partition coefficient (Wildman–Crippen LogP) is 8.70. The van der Waals surface area contributed by atoms with Gasteiger partial charge in [-0.05, 0) is 117 Å². The van der Waals surface area contributed by atoms with Crippen molar-refractivity contribution in [3.05, 3.63) is 152 Å². The Morgan fingerprint density at radius 3 is 2.34 bits per heavy atom. The van der Waals surface area contributed by atoms with Gasteiger partial charge in [-0.1, -0.05) is 74.2 Å². The van der Waals surface area contributed by atoms with Gasteiger partial charge < -0.3 is 19.9 Å². The van der Waals surface area contributed by atoms with Gasteiger partial charge in [0.15, 0.2) is 0 Å². The largest absolute Gasteiger partial charge is 0.456 e. The van der Waals surface area contributed by atoms with Crippen molar-refractivity contribution < 1.29 is 27.3 Å². The van der Waals surface area contributed by atoms with Crippen molar-refractivity contribution in [2.45, 2.75) is 96.7 Å². The van der Waals surface area contributed by atoms with E-state index in [1.54, 1.807) is 15.9 Å². The van der Waals surface area contributed by atoms with E-state index in [1.165, 1.54) is 5.56 Å². The number of anilines is 2. The van der Waals surface area contributed by atoms with E-state index in [1.807, 2.05) is 72.8 Å². The highest BCUT2D eigenvalue weighted by atomic mass is 32.2. The third-order valence-corrected chi connectivity index (χ3v) is 13.7. The number of benzene rings is 5. The molecule has 0 aliphatic carbocycles. The average Bonchev–Trinajstić information content (AvgIpc) is 3.22. The lowest BCUT2D eigenvalue weighted by Crippen LogP contribution is -2.39. The van der Waals surface area contributed by atoms with Crippen molar-refractivity contribution in [1.29, 1.82) is 0 Å². The zero-order valence-electron chi connectivity index (χ0n) is 37.3. The van der Waals surface area contributed by atoms with Gasteiger partial charge in [-0.25, -0.2) is 0 Å². The minimum atomic E-state index is -4.32. The fraction of sp³-hybridized carbons (Fsp3) is 0.340. The maximum absolute atomic E-state index is 15.3. The summed E-state index contributed by atoms with van der Waals surface area (Å²) in [5, 5.41) is 5.49. The topological polar surface area (TPSA) is 129 Å². The summed E-state index contributed by atoms with van der Waals surface area (Å²) in [6, 6.07) is 31.3. The molecule has 2 atom stereocenters. The molecule has 4 heterocycles. The van der Waals surface area contributed by atoms with E-state index in [4.69, 9.17) is 9.73 Å². The molecule has 4 aliphatic rings. The van der Waals surface area contributed by atoms with Crippen molar-refractivity contribution in [2.24, 2.45) is 4.99 Å². The van der Waals surface area contributed by atoms with Crippen molar-refractivity contribution in [2.75, 3.05) is 29.1 Å². The number of carbonyl (C=O) groups is 2. The lowest BCUT2D eigenvalue weighted by Gasteiger charge is -2.38. The Labute approximate surface area is 375 Å². The van der Waals surface area contributed by atoms with Gasteiger partial charge in [0.05, 0.1) is 28.9 Å². The first-order valence-corrected chi connectivity index (χ1v) is 23.8. The first-order valence-electron chi connectivity index (χ1n) is 22.2. The monoisotopic (exact) mass is 874 g/mol. The molecule has 2 amide bonds. The molecule has 0 saturated carbocycles. The number of nitrogens with zero attached hydrogens (tertiary/aromatic N) is 3. The van der Waals surface area contributed by atoms with Crippen molar-refractivity contribution in [3.8, 4) is 23.3 Å². The molecule has 0 saturated heterocycles. The highest BCUT2D eigenvalue weighted by molar-refractivity contribution is 7.85. The van der Waals surface area contributed by atoms with Crippen LogP contribution in [0.3, 0.4) is 0 Å². The van der Waals surface area contributed by atoms with Crippen LogP contribution in [0.5, 0.6) is 11.5 Å². The summed E-state index contributed by atoms with van der Waals surface area (Å²) in [6.45, 7) is 13.5. The van der Waals surface area contributed by atoms with Crippen LogP contribution in [0.15, 0.2) is 102 Å². The third-order valence-electron chi connectivity index (χ3n) is 12.9. The van der Waals surface area contributed by atoms with Crippen LogP contribution >= 0.6 is 0 Å². The zero-order valence-corrected chi connectivity index (χ0v) is 38.1. The molecule has 0 aromatic heterocycles. The Morgan fingerprint density at radius 2 is 1.55 bits per heavy atom. The molecule has 2 N–H and O–H groups in total. The van der Waals surface area contributed by atoms with E-state index < -0.39 is 15.9 Å². The lowest BCUT2D eigenvalue weighted by atomic mass is 9.79. The number of hydrogen-bond donors (Lipinski definition) is 2. The molecule has 5 aromatic rings. The molecule has 4 aliphatic heterocycles. The Morgan fingerprint density at radius 1 is 0.844 bits per heavy atom. The van der Waals surface area contributed by atoms with E-state index in [0.717, 1.165) is 62.5 Å². The number of hydrogen-bond acceptors (Lipinski definition) is 7. The first kappa shape index (κ1) is 43.1. The number of amides is 2. The number of carbonyl (C=O) groups excluding carboxylic acids is 2. The average molecular weight is 875 g/mol. The van der Waals surface area contributed by atoms with Gasteiger partial charge in [0.25, 0.3) is 16.0 Å². The maximum Gasteiger partial charge on any atom is 0.264 e. The molecule has 0 radical (unpaired) electrons. The lowest BCUT2D eigenvalue weighted by molar-refractivity contribution is -0.119. The molecule has 0 spiro atoms. The fourth-order valence-electron chi connectivity index (χ4n) is 10.2. The molecule has 5 aromatic carbocycles. The minimum absolute atomic E-state index is 0.00385. The normalized spacial score (nSPS) is 18.5. The Hall–Kier alpha value is -6.22. The SMILES string of the molecule is CC1CC(C)(C)Nc2cc3c(cc21)C(c1ccccc1C(=O)N(CCCS(=O)(=O)O)CCC(=O)N1Cc2ccccc2C#Cc2ccccc21)=c1cc2c(cc1O3)=NC(C)(C)CC2C. The molecule has 9 rings (SSSR count). The number of ether oxygens (including phenoxy) is 1. The van der Waals surface area contributed by atoms with Crippen molar-refractivity contribution >= 4 is 38.9 Å². The van der Waals surface area contributed by atoms with Gasteiger partial charge in [-0.3, -0.25) is 19.1 Å². The van der Waals surface area contributed by atoms with Crippen LogP contribution in [0.2, 0.25) is 0 Å². The number of para-hydroxylation sites is 1. The Bertz CT molecular complexity index is 3050. The first-order chi connectivity index (χ1) is 30.4. The summed E-state index contributed by atoms with van der Waals surface area (Å²) >= 11 is 0. The Balaban J connectivity index is 1.14. The van der Waals surface area contributed by atoms with Crippen LogP contribution in [-0.4, -0.2) is 59.6 Å². The molecule has 10 nitrogen and oxygen atoms in total. The molecule has 328 valence electrons. The Kier molecular flexibility index (Phi) is 11.0. The quantitative estimate of drug-likeness (QED) is 0.110. The number of nitrogens with one attached hydrogen (secondary N) is 1. The third kappa shape index (κ3) is 8.57. The summed E-state index contributed by atoms with van der Waals surface area (Å²) in [5.41, 5.74) is 8.90. The summed E-state index contributed by atoms with van der Waals surface area (Å²) in [5.74, 6) is 7.18. The summed E-state index contributed by atoms with van der Waals surface area (Å²) in [7, 11) is -4.32. The van der Waals surface area contributed by atoms with Crippen LogP contribution < -0.4 is 25.5 Å². The number of fused-ring (bicyclic) bond motifs is 6. The summed E-state index contributed by atoms with van der Waals surface area (Å²) < 4.78 is 40.5. The molecule has 0 fully saturated rings. The van der Waals surface area contributed by atoms with Crippen LogP contribution in [0.1, 0.15) is 128 Å². The van der Waals surface area contributed by atoms with Gasteiger partial charge in [-0.15, -0.1) is 0 Å². The summed E-state index contributed by atoms with van der Waals surface area (Å²) in [6.07, 6.45) is 1.75. The van der Waals surface area contributed by atoms with Crippen LogP contribution in [0.25, 0.3) is 5.57 Å². The highest BCUT2D eigenvalue weighted by Crippen LogP contribution is 2.46. The minimum Gasteiger partial charge on any atom is -0.456 e. The molecule has 0 bridgehead atoms. The van der Waals surface area contributed by atoms with E-state index >= 15 is 4.79 Å². The predicted molar refractivity (Wildman–Crippen MR) is 251 cm³/mol. The van der Waals surface area contributed by atoms with Gasteiger partial charge >= 0.3 is 0 Å². The van der Waals surface area contributed by atoms with E-state index in [-0.39, 0.29) is 60.7 Å². The van der Waals surface area contributed by atoms with Gasteiger partial charge in [0, 0.05) is 75.9 Å². The molecule has 2 unspecified atom stereocenters. The number of rotatable bonds is 9. The van der Waals surface area contributed by atoms with Crippen molar-refractivity contribution in [1.82, 2.24) is 4.90 Å². The zero-order chi connectivity index (χ0) is 45.1. The second-order valence-electron chi connectivity index (χ2n) is 19.1. The van der Waals surface area contributed by atoms with Crippen LogP contribution in [0, 0.1) is 11.8 Å². The summed E-state index contributed by atoms with van der Waals surface area (Å²) in [4.78, 5) is 38.1. The smallest absolute Gasteiger partial charge is 0.264 e. The van der Waals surface area contributed by atoms with Crippen LogP contribution in [0.4, 0.5) is 11.4 Å². The van der Waals surface area contributed by atoms with E-state index in [0.29, 0.717) is 34.9 Å². The van der Waals surface area contributed by atoms with Gasteiger partial charge in [0.2, 0.25) is 5.91 Å². The molecule has 11 heteroatoms. The maximum atomic E-state index is 15.3. The van der Waals surface area contributed by atoms with Gasteiger partial charge in [0.1, 0.15) is 11.5 Å². The van der Waals surface area contributed by atoms with Gasteiger partial charge in [-0.2, -0.15) is 8.42 Å². The second-order valence-corrected chi connectivity index (χ2v) is 20.7. The fourth-order valence-corrected chi connectivity index (χ4v) is 10.7. The molecular formula is C53H54N4O6S. The van der Waals surface area contributed by atoms with E-state index in [2.05, 4.69) is 76.9 Å². The van der Waals surface area contributed by atoms with Crippen LogP contribution in [-0.2, 0) is 21.5 Å². The second kappa shape index (κ2) is 16.4. The molecule has 64 heavy (non-hydrogen) atoms. The standard InChI is InChI=1S/C53H54N4O6S/c1-33-30-52(3,4)54-44-28-47-42(26-40(33)44)50(43-27-41-34(2)31-53(5,6)55-45(41)29-48(43)63-47)38-17-10-11-18-39(38)51(59)56(23-13-25-64(60,61)62)24-22-49(58)57-32-37-16-8-7-14-35(37)20-21-36-15-9-12-19-46(36)57/h7-12,14-19,26-29,33-34,54H,13,22-25,30-32H2,1-6H3,(H,60,61,62). The highest BCUT2D eigenvalue weighted by Gasteiger charge is 2.35. The van der Waals surface area contributed by atoms with Crippen molar-refractivity contribution in [3.63, 3.8) is 0 Å². The molecular weight excluding hydrogens is 821 g/mol.